The molecule has 0 spiro atoms. The maximum atomic E-state index is 9.74. The highest BCUT2D eigenvalue weighted by atomic mass is 16.8. The summed E-state index contributed by atoms with van der Waals surface area (Å²) in [5, 5.41) is 38.0. The van der Waals surface area contributed by atoms with E-state index in [2.05, 4.69) is 5.48 Å². The topological polar surface area (TPSA) is 111 Å². The molecule has 0 unspecified atom stereocenters. The van der Waals surface area contributed by atoms with Crippen molar-refractivity contribution in [1.29, 1.82) is 0 Å². The first-order chi connectivity index (χ1) is 9.63. The van der Waals surface area contributed by atoms with Crippen LogP contribution in [0.5, 0.6) is 0 Å². The molecule has 1 saturated heterocycles. The van der Waals surface area contributed by atoms with E-state index < -0.39 is 37.3 Å². The standard InChI is InChI=1S/C13H19NO6/c15-7-9-10(16)11(17)12(18)13(19-9)20-14-6-8-4-2-1-3-5-8/h1-5,9-18H,6-7H2/t9-,10+,11+,12-,13+/m1/s1. The minimum absolute atomic E-state index is 0.385. The third-order valence-corrected chi connectivity index (χ3v) is 3.17. The SMILES string of the molecule is OC[C@H]1O[C@@H](ONCc2ccccc2)[C@H](O)[C@@H](O)[C@H]1O. The first-order valence-electron chi connectivity index (χ1n) is 6.36. The molecule has 0 saturated carbocycles. The zero-order valence-electron chi connectivity index (χ0n) is 10.8. The van der Waals surface area contributed by atoms with E-state index in [1.54, 1.807) is 0 Å². The molecule has 5 atom stereocenters. The van der Waals surface area contributed by atoms with E-state index in [0.717, 1.165) is 5.56 Å². The Kier molecular flexibility index (Phi) is 5.44. The summed E-state index contributed by atoms with van der Waals surface area (Å²) in [6.45, 7) is -0.0979. The van der Waals surface area contributed by atoms with Crippen LogP contribution in [0.25, 0.3) is 0 Å². The van der Waals surface area contributed by atoms with Crippen molar-refractivity contribution in [3.63, 3.8) is 0 Å². The average molecular weight is 285 g/mol. The second-order valence-electron chi connectivity index (χ2n) is 4.62. The fourth-order valence-corrected chi connectivity index (χ4v) is 1.97. The van der Waals surface area contributed by atoms with Crippen LogP contribution in [-0.4, -0.2) is 57.7 Å². The van der Waals surface area contributed by atoms with Crippen LogP contribution in [0.15, 0.2) is 30.3 Å². The number of benzene rings is 1. The summed E-state index contributed by atoms with van der Waals surface area (Å²) in [4.78, 5) is 5.15. The largest absolute Gasteiger partial charge is 0.394 e. The van der Waals surface area contributed by atoms with E-state index in [1.165, 1.54) is 0 Å². The van der Waals surface area contributed by atoms with E-state index in [4.69, 9.17) is 14.7 Å². The first kappa shape index (κ1) is 15.3. The van der Waals surface area contributed by atoms with Crippen molar-refractivity contribution in [1.82, 2.24) is 5.48 Å². The van der Waals surface area contributed by atoms with Crippen LogP contribution < -0.4 is 5.48 Å². The molecule has 1 aromatic carbocycles. The molecule has 2 rings (SSSR count). The van der Waals surface area contributed by atoms with Gasteiger partial charge in [0.2, 0.25) is 6.29 Å². The zero-order valence-corrected chi connectivity index (χ0v) is 10.8. The van der Waals surface area contributed by atoms with Crippen LogP contribution in [0.2, 0.25) is 0 Å². The van der Waals surface area contributed by atoms with Crippen LogP contribution in [-0.2, 0) is 16.1 Å². The molecule has 0 amide bonds. The van der Waals surface area contributed by atoms with Gasteiger partial charge < -0.3 is 25.2 Å². The van der Waals surface area contributed by atoms with E-state index in [9.17, 15) is 15.3 Å². The zero-order chi connectivity index (χ0) is 14.5. The van der Waals surface area contributed by atoms with E-state index in [1.807, 2.05) is 30.3 Å². The molecule has 1 aliphatic heterocycles. The number of hydrogen-bond donors (Lipinski definition) is 5. The van der Waals surface area contributed by atoms with E-state index >= 15 is 0 Å². The third kappa shape index (κ3) is 3.53. The Morgan fingerprint density at radius 1 is 1.05 bits per heavy atom. The maximum absolute atomic E-state index is 9.74. The normalized spacial score (nSPS) is 34.1. The van der Waals surface area contributed by atoms with Gasteiger partial charge in [-0.2, -0.15) is 5.48 Å². The number of ether oxygens (including phenoxy) is 1. The van der Waals surface area contributed by atoms with Crippen LogP contribution in [0.1, 0.15) is 5.56 Å². The van der Waals surface area contributed by atoms with Crippen molar-refractivity contribution in [2.24, 2.45) is 0 Å². The molecule has 0 aromatic heterocycles. The Morgan fingerprint density at radius 3 is 2.40 bits per heavy atom. The van der Waals surface area contributed by atoms with Crippen LogP contribution in [0, 0.1) is 0 Å². The van der Waals surface area contributed by atoms with Crippen molar-refractivity contribution >= 4 is 0 Å². The molecule has 7 nitrogen and oxygen atoms in total. The second-order valence-corrected chi connectivity index (χ2v) is 4.62. The lowest BCUT2D eigenvalue weighted by molar-refractivity contribution is -0.316. The van der Waals surface area contributed by atoms with Crippen molar-refractivity contribution in [3.05, 3.63) is 35.9 Å². The van der Waals surface area contributed by atoms with Gasteiger partial charge in [0.1, 0.15) is 24.4 Å². The number of hydroxylamine groups is 1. The fraction of sp³-hybridized carbons (Fsp3) is 0.538. The van der Waals surface area contributed by atoms with Gasteiger partial charge in [-0.15, -0.1) is 0 Å². The molecule has 0 aliphatic carbocycles. The highest BCUT2D eigenvalue weighted by Crippen LogP contribution is 2.21. The molecule has 20 heavy (non-hydrogen) atoms. The van der Waals surface area contributed by atoms with Gasteiger partial charge in [-0.05, 0) is 5.56 Å². The lowest BCUT2D eigenvalue weighted by Gasteiger charge is -2.39. The summed E-state index contributed by atoms with van der Waals surface area (Å²) in [5.41, 5.74) is 3.59. The second kappa shape index (κ2) is 7.09. The highest BCUT2D eigenvalue weighted by Gasteiger charge is 2.44. The van der Waals surface area contributed by atoms with Gasteiger partial charge in [-0.25, -0.2) is 0 Å². The molecule has 1 heterocycles. The molecular weight excluding hydrogens is 266 g/mol. The summed E-state index contributed by atoms with van der Waals surface area (Å²) in [6, 6.07) is 9.44. The van der Waals surface area contributed by atoms with Gasteiger partial charge >= 0.3 is 0 Å². The lowest BCUT2D eigenvalue weighted by atomic mass is 9.99. The predicted molar refractivity (Wildman–Crippen MR) is 68.1 cm³/mol. The minimum atomic E-state index is -1.44. The van der Waals surface area contributed by atoms with Gasteiger partial charge in [0, 0.05) is 6.54 Å². The molecule has 1 aromatic rings. The van der Waals surface area contributed by atoms with Crippen molar-refractivity contribution in [2.45, 2.75) is 37.3 Å². The minimum Gasteiger partial charge on any atom is -0.394 e. The third-order valence-electron chi connectivity index (χ3n) is 3.17. The Labute approximate surface area is 116 Å². The molecule has 0 bridgehead atoms. The first-order valence-corrected chi connectivity index (χ1v) is 6.36. The molecule has 112 valence electrons. The number of hydrogen-bond acceptors (Lipinski definition) is 7. The van der Waals surface area contributed by atoms with Crippen molar-refractivity contribution < 1.29 is 30.0 Å². The molecule has 0 radical (unpaired) electrons. The Hall–Kier alpha value is -1.06. The number of nitrogens with one attached hydrogen (secondary N) is 1. The van der Waals surface area contributed by atoms with Crippen molar-refractivity contribution in [3.8, 4) is 0 Å². The van der Waals surface area contributed by atoms with Crippen LogP contribution in [0.4, 0.5) is 0 Å². The quantitative estimate of drug-likeness (QED) is 0.419. The maximum Gasteiger partial charge on any atom is 0.206 e. The Morgan fingerprint density at radius 2 is 1.75 bits per heavy atom. The number of aliphatic hydroxyl groups excluding tert-OH is 4. The molecule has 5 N–H and O–H groups in total. The average Bonchev–Trinajstić information content (AvgIpc) is 2.48. The van der Waals surface area contributed by atoms with Crippen LogP contribution >= 0.6 is 0 Å². The van der Waals surface area contributed by atoms with Crippen molar-refractivity contribution in [2.75, 3.05) is 6.61 Å². The summed E-state index contributed by atoms with van der Waals surface area (Å²) in [5.74, 6) is 0. The van der Waals surface area contributed by atoms with E-state index in [-0.39, 0.29) is 0 Å². The lowest BCUT2D eigenvalue weighted by Crippen LogP contribution is -2.59. The predicted octanol–water partition coefficient (Wildman–Crippen LogP) is -1.49. The van der Waals surface area contributed by atoms with Gasteiger partial charge in [0.05, 0.1) is 6.61 Å². The summed E-state index contributed by atoms with van der Waals surface area (Å²) in [6.07, 6.45) is -6.38. The summed E-state index contributed by atoms with van der Waals surface area (Å²) in [7, 11) is 0. The molecule has 1 aliphatic rings. The molecule has 7 heteroatoms. The van der Waals surface area contributed by atoms with Gasteiger partial charge in [-0.3, -0.25) is 4.84 Å². The van der Waals surface area contributed by atoms with Gasteiger partial charge in [0.15, 0.2) is 0 Å². The Balaban J connectivity index is 1.85. The molecular formula is C13H19NO6. The molecule has 1 fully saturated rings. The summed E-state index contributed by atoms with van der Waals surface area (Å²) < 4.78 is 5.17. The van der Waals surface area contributed by atoms with Crippen LogP contribution in [0.3, 0.4) is 0 Å². The summed E-state index contributed by atoms with van der Waals surface area (Å²) >= 11 is 0. The smallest absolute Gasteiger partial charge is 0.206 e. The number of aliphatic hydroxyl groups is 4. The fourth-order valence-electron chi connectivity index (χ4n) is 1.97. The van der Waals surface area contributed by atoms with E-state index in [0.29, 0.717) is 6.54 Å². The van der Waals surface area contributed by atoms with Gasteiger partial charge in [-0.1, -0.05) is 30.3 Å². The number of rotatable bonds is 5. The van der Waals surface area contributed by atoms with Gasteiger partial charge in [0.25, 0.3) is 0 Å². The highest BCUT2D eigenvalue weighted by molar-refractivity contribution is 5.13. The monoisotopic (exact) mass is 285 g/mol. The Bertz CT molecular complexity index is 401.